The van der Waals surface area contributed by atoms with Crippen LogP contribution in [-0.2, 0) is 0 Å². The van der Waals surface area contributed by atoms with E-state index in [1.165, 1.54) is 6.33 Å². The van der Waals surface area contributed by atoms with Gasteiger partial charge >= 0.3 is 0 Å². The van der Waals surface area contributed by atoms with Gasteiger partial charge in [-0.3, -0.25) is 0 Å². The third-order valence-electron chi connectivity index (χ3n) is 1.75. The standard InChI is InChI=1S/C9H14N4/c1-3-4-11-5-8-7(2)12-6-13-9(8)10/h5-6H,3-4H2,1-2H3,(H2,10,12,13)/p+1. The fraction of sp³-hybridized carbons (Fsp3) is 0.444. The fourth-order valence-electron chi connectivity index (χ4n) is 0.999. The van der Waals surface area contributed by atoms with E-state index >= 15 is 0 Å². The van der Waals surface area contributed by atoms with Gasteiger partial charge < -0.3 is 5.73 Å². The minimum absolute atomic E-state index is 0.524. The van der Waals surface area contributed by atoms with Crippen LogP contribution in [-0.4, -0.2) is 22.7 Å². The summed E-state index contributed by atoms with van der Waals surface area (Å²) in [6, 6.07) is 0. The summed E-state index contributed by atoms with van der Waals surface area (Å²) < 4.78 is 0. The molecule has 3 N–H and O–H groups in total. The maximum atomic E-state index is 5.68. The van der Waals surface area contributed by atoms with Crippen molar-refractivity contribution < 1.29 is 4.99 Å². The summed E-state index contributed by atoms with van der Waals surface area (Å²) >= 11 is 0. The Balaban J connectivity index is 2.87. The molecule has 0 saturated carbocycles. The molecule has 70 valence electrons. The molecule has 4 nitrogen and oxygen atoms in total. The monoisotopic (exact) mass is 179 g/mol. The second-order valence-corrected chi connectivity index (χ2v) is 2.86. The van der Waals surface area contributed by atoms with Crippen LogP contribution in [0.5, 0.6) is 0 Å². The summed E-state index contributed by atoms with van der Waals surface area (Å²) in [5.74, 6) is 0.524. The molecule has 0 radical (unpaired) electrons. The van der Waals surface area contributed by atoms with E-state index in [1.54, 1.807) is 0 Å². The summed E-state index contributed by atoms with van der Waals surface area (Å²) in [4.78, 5) is 11.1. The van der Waals surface area contributed by atoms with Crippen molar-refractivity contribution in [1.29, 1.82) is 0 Å². The van der Waals surface area contributed by atoms with Crippen molar-refractivity contribution in [1.82, 2.24) is 9.97 Å². The van der Waals surface area contributed by atoms with Crippen LogP contribution in [0.25, 0.3) is 0 Å². The van der Waals surface area contributed by atoms with Gasteiger partial charge in [-0.25, -0.2) is 15.0 Å². The summed E-state index contributed by atoms with van der Waals surface area (Å²) in [6.07, 6.45) is 4.43. The predicted molar refractivity (Wildman–Crippen MR) is 52.5 cm³/mol. The number of nitrogen functional groups attached to an aromatic ring is 1. The van der Waals surface area contributed by atoms with Crippen molar-refractivity contribution in [2.24, 2.45) is 0 Å². The van der Waals surface area contributed by atoms with Crippen molar-refractivity contribution >= 4 is 12.0 Å². The first kappa shape index (κ1) is 9.64. The van der Waals surface area contributed by atoms with Gasteiger partial charge in [0.1, 0.15) is 24.3 Å². The van der Waals surface area contributed by atoms with Gasteiger partial charge in [-0.15, -0.1) is 0 Å². The van der Waals surface area contributed by atoms with E-state index in [2.05, 4.69) is 21.9 Å². The zero-order chi connectivity index (χ0) is 9.68. The lowest BCUT2D eigenvalue weighted by atomic mass is 10.2. The number of rotatable bonds is 3. The van der Waals surface area contributed by atoms with Crippen LogP contribution >= 0.6 is 0 Å². The molecule has 13 heavy (non-hydrogen) atoms. The molecule has 0 bridgehead atoms. The first-order valence-electron chi connectivity index (χ1n) is 4.39. The number of anilines is 1. The number of nitrogens with two attached hydrogens (primary N) is 1. The summed E-state index contributed by atoms with van der Waals surface area (Å²) in [5.41, 5.74) is 7.47. The summed E-state index contributed by atoms with van der Waals surface area (Å²) in [5, 5.41) is 0. The van der Waals surface area contributed by atoms with Crippen molar-refractivity contribution in [2.75, 3.05) is 12.3 Å². The highest BCUT2D eigenvalue weighted by molar-refractivity contribution is 5.82. The van der Waals surface area contributed by atoms with E-state index in [0.717, 1.165) is 24.2 Å². The van der Waals surface area contributed by atoms with Crippen LogP contribution in [0, 0.1) is 6.92 Å². The van der Waals surface area contributed by atoms with Crippen molar-refractivity contribution in [3.8, 4) is 0 Å². The first-order chi connectivity index (χ1) is 6.25. The molecule has 0 aliphatic heterocycles. The molecule has 0 atom stereocenters. The van der Waals surface area contributed by atoms with Crippen LogP contribution in [0.15, 0.2) is 6.33 Å². The van der Waals surface area contributed by atoms with Crippen LogP contribution in [0.3, 0.4) is 0 Å². The van der Waals surface area contributed by atoms with Gasteiger partial charge in [-0.05, 0) is 6.92 Å². The molecule has 1 heterocycles. The average molecular weight is 179 g/mol. The number of nitrogens with zero attached hydrogens (tertiary/aromatic N) is 2. The summed E-state index contributed by atoms with van der Waals surface area (Å²) in [7, 11) is 0. The lowest BCUT2D eigenvalue weighted by Crippen LogP contribution is -2.69. The molecular formula is C9H15N4+. The zero-order valence-corrected chi connectivity index (χ0v) is 8.04. The number of nitrogens with one attached hydrogen (secondary N) is 1. The van der Waals surface area contributed by atoms with E-state index in [1.807, 2.05) is 13.1 Å². The minimum Gasteiger partial charge on any atom is -0.383 e. The number of aromatic nitrogens is 2. The van der Waals surface area contributed by atoms with Crippen LogP contribution in [0.2, 0.25) is 0 Å². The van der Waals surface area contributed by atoms with Gasteiger partial charge in [-0.2, -0.15) is 0 Å². The molecule has 0 spiro atoms. The van der Waals surface area contributed by atoms with Crippen LogP contribution in [0.4, 0.5) is 5.82 Å². The second kappa shape index (κ2) is 4.54. The van der Waals surface area contributed by atoms with E-state index in [0.29, 0.717) is 5.82 Å². The van der Waals surface area contributed by atoms with Gasteiger partial charge in [0, 0.05) is 6.42 Å². The molecule has 0 unspecified atom stereocenters. The normalized spacial score (nSPS) is 10.9. The lowest BCUT2D eigenvalue weighted by Gasteiger charge is -1.97. The Morgan fingerprint density at radius 3 is 2.92 bits per heavy atom. The Morgan fingerprint density at radius 2 is 2.31 bits per heavy atom. The average Bonchev–Trinajstić information content (AvgIpc) is 2.10. The third-order valence-corrected chi connectivity index (χ3v) is 1.75. The van der Waals surface area contributed by atoms with Gasteiger partial charge in [0.15, 0.2) is 6.21 Å². The zero-order valence-electron chi connectivity index (χ0n) is 8.04. The van der Waals surface area contributed by atoms with E-state index in [-0.39, 0.29) is 0 Å². The van der Waals surface area contributed by atoms with Crippen molar-refractivity contribution in [3.63, 3.8) is 0 Å². The Hall–Kier alpha value is -1.45. The molecule has 1 aromatic rings. The highest BCUT2D eigenvalue weighted by atomic mass is 14.9. The predicted octanol–water partition coefficient (Wildman–Crippen LogP) is -0.723. The van der Waals surface area contributed by atoms with Gasteiger partial charge in [0.05, 0.1) is 5.69 Å². The molecule has 4 heteroatoms. The van der Waals surface area contributed by atoms with Crippen molar-refractivity contribution in [3.05, 3.63) is 17.6 Å². The van der Waals surface area contributed by atoms with Crippen LogP contribution < -0.4 is 10.7 Å². The molecule has 0 amide bonds. The number of hydrogen-bond acceptors (Lipinski definition) is 3. The largest absolute Gasteiger partial charge is 0.383 e. The van der Waals surface area contributed by atoms with E-state index < -0.39 is 0 Å². The maximum absolute atomic E-state index is 5.68. The Kier molecular flexibility index (Phi) is 3.37. The lowest BCUT2D eigenvalue weighted by molar-refractivity contribution is -0.451. The third kappa shape index (κ3) is 2.50. The van der Waals surface area contributed by atoms with Crippen LogP contribution in [0.1, 0.15) is 24.6 Å². The van der Waals surface area contributed by atoms with E-state index in [4.69, 9.17) is 5.73 Å². The highest BCUT2D eigenvalue weighted by Gasteiger charge is 2.04. The first-order valence-corrected chi connectivity index (χ1v) is 4.39. The summed E-state index contributed by atoms with van der Waals surface area (Å²) in [6.45, 7) is 4.96. The molecule has 0 aromatic carbocycles. The molecule has 1 rings (SSSR count). The fourth-order valence-corrected chi connectivity index (χ4v) is 0.999. The molecular weight excluding hydrogens is 164 g/mol. The topological polar surface area (TPSA) is 65.8 Å². The second-order valence-electron chi connectivity index (χ2n) is 2.86. The molecule has 0 fully saturated rings. The van der Waals surface area contributed by atoms with Gasteiger partial charge in [-0.1, -0.05) is 6.92 Å². The molecule has 0 saturated heterocycles. The van der Waals surface area contributed by atoms with Gasteiger partial charge in [0.2, 0.25) is 0 Å². The number of aryl methyl sites for hydroxylation is 1. The Bertz CT molecular complexity index is 286. The molecule has 1 aromatic heterocycles. The SMILES string of the molecule is CCC[NH+]=Cc1c(C)ncnc1N. The highest BCUT2D eigenvalue weighted by Crippen LogP contribution is 2.05. The molecule has 0 aliphatic carbocycles. The maximum Gasteiger partial charge on any atom is 0.174 e. The van der Waals surface area contributed by atoms with Crippen molar-refractivity contribution in [2.45, 2.75) is 20.3 Å². The van der Waals surface area contributed by atoms with E-state index in [9.17, 15) is 0 Å². The Morgan fingerprint density at radius 1 is 1.54 bits per heavy atom. The van der Waals surface area contributed by atoms with Gasteiger partial charge in [0.25, 0.3) is 0 Å². The quantitative estimate of drug-likeness (QED) is 0.602. The molecule has 0 aliphatic rings. The number of hydrogen-bond donors (Lipinski definition) is 2. The smallest absolute Gasteiger partial charge is 0.174 e. The minimum atomic E-state index is 0.524. The Labute approximate surface area is 77.9 Å².